The highest BCUT2D eigenvalue weighted by Crippen LogP contribution is 2.34. The van der Waals surface area contributed by atoms with Gasteiger partial charge in [0.2, 0.25) is 0 Å². The van der Waals surface area contributed by atoms with Crippen molar-refractivity contribution in [2.24, 2.45) is 7.05 Å². The van der Waals surface area contributed by atoms with Crippen molar-refractivity contribution in [3.63, 3.8) is 0 Å². The summed E-state index contributed by atoms with van der Waals surface area (Å²) >= 11 is 0. The largest absolute Gasteiger partial charge is 0.467 e. The van der Waals surface area contributed by atoms with Crippen LogP contribution in [-0.2, 0) is 16.5 Å². The maximum atomic E-state index is 13.1. The lowest BCUT2D eigenvalue weighted by Gasteiger charge is -2.41. The lowest BCUT2D eigenvalue weighted by Crippen LogP contribution is -2.55. The fraction of sp³-hybridized carbons (Fsp3) is 0.433. The van der Waals surface area contributed by atoms with Gasteiger partial charge in [-0.15, -0.1) is 0 Å². The molecule has 12 heteroatoms. The third-order valence-electron chi connectivity index (χ3n) is 7.04. The number of carbonyl (C=O) groups excluding carboxylic acids is 2. The minimum atomic E-state index is -0.554. The van der Waals surface area contributed by atoms with Gasteiger partial charge in [0.1, 0.15) is 17.0 Å². The molecule has 0 spiro atoms. The van der Waals surface area contributed by atoms with Crippen LogP contribution in [0.15, 0.2) is 36.5 Å². The highest BCUT2D eigenvalue weighted by molar-refractivity contribution is 6.06. The van der Waals surface area contributed by atoms with Crippen molar-refractivity contribution in [3.05, 3.63) is 42.2 Å². The van der Waals surface area contributed by atoms with Crippen LogP contribution < -0.4 is 15.0 Å². The van der Waals surface area contributed by atoms with Crippen molar-refractivity contribution in [3.8, 4) is 17.1 Å². The number of methoxy groups -OCH3 is 1. The summed E-state index contributed by atoms with van der Waals surface area (Å²) < 4.78 is 18.3. The Balaban J connectivity index is 1.51. The summed E-state index contributed by atoms with van der Waals surface area (Å²) in [7, 11) is 4.97. The van der Waals surface area contributed by atoms with Crippen LogP contribution in [0, 0.1) is 0 Å². The zero-order valence-corrected chi connectivity index (χ0v) is 25.1. The Bertz CT molecular complexity index is 1640. The standard InChI is InChI=1S/C30H37N7O5/c1-18-15-36(10-11-37(18)29(39)42-30(2,3)4)20-8-9-23-21(13-20)26(28(38)31-5)33-27(32-23)22-12-19-16-35(6)34-24(19)14-25(22)41-17-40-7/h8-9,12-14,16,18H,10-11,15,17H2,1-7H3,(H,31,38)/t18-/m0/s1. The number of carbonyl (C=O) groups is 2. The SMILES string of the molecule is CNC(=O)c1nc(-c2cc3cn(C)nc3cc2OCOC)nc2ccc(N3CCN(C(=O)OC(C)(C)C)[C@@H](C)C3)cc12. The first-order chi connectivity index (χ1) is 20.0. The Labute approximate surface area is 244 Å². The first-order valence-electron chi connectivity index (χ1n) is 13.9. The number of ether oxygens (including phenoxy) is 3. The topological polar surface area (TPSA) is 124 Å². The van der Waals surface area contributed by atoms with Gasteiger partial charge in [0.15, 0.2) is 12.6 Å². The smallest absolute Gasteiger partial charge is 0.410 e. The number of aryl methyl sites for hydroxylation is 1. The molecule has 1 aliphatic rings. The highest BCUT2D eigenvalue weighted by Gasteiger charge is 2.31. The number of amides is 2. The van der Waals surface area contributed by atoms with E-state index in [9.17, 15) is 9.59 Å². The van der Waals surface area contributed by atoms with Gasteiger partial charge in [0, 0.05) is 75.6 Å². The Morgan fingerprint density at radius 3 is 2.57 bits per heavy atom. The molecule has 0 radical (unpaired) electrons. The van der Waals surface area contributed by atoms with Crippen LogP contribution in [0.5, 0.6) is 5.75 Å². The van der Waals surface area contributed by atoms with Gasteiger partial charge in [0.25, 0.3) is 5.91 Å². The maximum absolute atomic E-state index is 13.1. The molecule has 1 atom stereocenters. The minimum absolute atomic E-state index is 0.0319. The average molecular weight is 576 g/mol. The predicted octanol–water partition coefficient (Wildman–Crippen LogP) is 3.97. The molecular weight excluding hydrogens is 538 g/mol. The molecule has 1 aliphatic heterocycles. The highest BCUT2D eigenvalue weighted by atomic mass is 16.7. The monoisotopic (exact) mass is 575 g/mol. The van der Waals surface area contributed by atoms with Crippen LogP contribution in [0.1, 0.15) is 38.2 Å². The van der Waals surface area contributed by atoms with Crippen molar-refractivity contribution in [2.75, 3.05) is 45.5 Å². The second-order valence-corrected chi connectivity index (χ2v) is 11.4. The number of nitrogens with zero attached hydrogens (tertiary/aromatic N) is 6. The normalized spacial score (nSPS) is 15.7. The first-order valence-corrected chi connectivity index (χ1v) is 13.9. The number of fused-ring (bicyclic) bond motifs is 2. The molecule has 0 bridgehead atoms. The number of piperazine rings is 1. The number of anilines is 1. The van der Waals surface area contributed by atoms with Gasteiger partial charge in [0.05, 0.1) is 16.6 Å². The molecule has 12 nitrogen and oxygen atoms in total. The molecule has 0 unspecified atom stereocenters. The Morgan fingerprint density at radius 2 is 1.88 bits per heavy atom. The van der Waals surface area contributed by atoms with E-state index in [4.69, 9.17) is 24.2 Å². The van der Waals surface area contributed by atoms with E-state index in [1.54, 1.807) is 23.7 Å². The number of hydrogen-bond donors (Lipinski definition) is 1. The number of nitrogens with one attached hydrogen (secondary N) is 1. The van der Waals surface area contributed by atoms with Gasteiger partial charge in [-0.05, 0) is 52.0 Å². The summed E-state index contributed by atoms with van der Waals surface area (Å²) in [5.74, 6) is 0.523. The van der Waals surface area contributed by atoms with Crippen LogP contribution in [0.3, 0.4) is 0 Å². The van der Waals surface area contributed by atoms with Crippen molar-refractivity contribution in [1.29, 1.82) is 0 Å². The fourth-order valence-corrected chi connectivity index (χ4v) is 5.10. The summed E-state index contributed by atoms with van der Waals surface area (Å²) in [6.07, 6.45) is 1.59. The fourth-order valence-electron chi connectivity index (χ4n) is 5.10. The second kappa shape index (κ2) is 11.4. The Kier molecular flexibility index (Phi) is 7.91. The third kappa shape index (κ3) is 5.94. The molecule has 1 fully saturated rings. The number of aromatic nitrogens is 4. The molecule has 222 valence electrons. The van der Waals surface area contributed by atoms with Crippen LogP contribution in [-0.4, -0.2) is 88.9 Å². The third-order valence-corrected chi connectivity index (χ3v) is 7.04. The van der Waals surface area contributed by atoms with E-state index in [0.717, 1.165) is 16.6 Å². The number of benzene rings is 2. The summed E-state index contributed by atoms with van der Waals surface area (Å²) in [5.41, 5.74) is 2.61. The van der Waals surface area contributed by atoms with Crippen molar-refractivity contribution in [2.45, 2.75) is 39.3 Å². The van der Waals surface area contributed by atoms with E-state index in [0.29, 0.717) is 47.7 Å². The van der Waals surface area contributed by atoms with Gasteiger partial charge in [-0.25, -0.2) is 14.8 Å². The zero-order valence-electron chi connectivity index (χ0n) is 25.1. The average Bonchev–Trinajstić information content (AvgIpc) is 3.31. The maximum Gasteiger partial charge on any atom is 0.410 e. The van der Waals surface area contributed by atoms with Crippen LogP contribution >= 0.6 is 0 Å². The number of rotatable bonds is 6. The van der Waals surface area contributed by atoms with Crippen LogP contribution in [0.2, 0.25) is 0 Å². The zero-order chi connectivity index (χ0) is 30.2. The second-order valence-electron chi connectivity index (χ2n) is 11.4. The van der Waals surface area contributed by atoms with E-state index < -0.39 is 5.60 Å². The van der Waals surface area contributed by atoms with Crippen LogP contribution in [0.4, 0.5) is 10.5 Å². The van der Waals surface area contributed by atoms with Crippen molar-refractivity contribution >= 4 is 39.5 Å². The molecule has 0 saturated carbocycles. The molecule has 2 aromatic heterocycles. The van der Waals surface area contributed by atoms with E-state index in [2.05, 4.69) is 15.3 Å². The summed E-state index contributed by atoms with van der Waals surface area (Å²) in [6.45, 7) is 9.39. The van der Waals surface area contributed by atoms with Crippen molar-refractivity contribution in [1.82, 2.24) is 30.0 Å². The molecule has 5 rings (SSSR count). The van der Waals surface area contributed by atoms with Gasteiger partial charge in [-0.3, -0.25) is 9.48 Å². The summed E-state index contributed by atoms with van der Waals surface area (Å²) in [6, 6.07) is 9.47. The van der Waals surface area contributed by atoms with Gasteiger partial charge in [-0.1, -0.05) is 0 Å². The molecule has 2 amide bonds. The van der Waals surface area contributed by atoms with E-state index in [1.807, 2.05) is 71.3 Å². The lowest BCUT2D eigenvalue weighted by molar-refractivity contribution is 0.0159. The Hall–Kier alpha value is -4.45. The van der Waals surface area contributed by atoms with Crippen molar-refractivity contribution < 1.29 is 23.8 Å². The van der Waals surface area contributed by atoms with Gasteiger partial charge in [-0.2, -0.15) is 5.10 Å². The summed E-state index contributed by atoms with van der Waals surface area (Å²) in [5, 5.41) is 8.69. The van der Waals surface area contributed by atoms with E-state index in [-0.39, 0.29) is 30.5 Å². The quantitative estimate of drug-likeness (QED) is 0.340. The molecule has 2 aromatic carbocycles. The van der Waals surface area contributed by atoms with Crippen LogP contribution in [0.25, 0.3) is 33.2 Å². The molecule has 1 saturated heterocycles. The predicted molar refractivity (Wildman–Crippen MR) is 160 cm³/mol. The molecule has 42 heavy (non-hydrogen) atoms. The minimum Gasteiger partial charge on any atom is -0.467 e. The van der Waals surface area contributed by atoms with Gasteiger partial charge >= 0.3 is 6.09 Å². The molecule has 1 N–H and O–H groups in total. The molecular formula is C30H37N7O5. The Morgan fingerprint density at radius 1 is 1.10 bits per heavy atom. The molecule has 0 aliphatic carbocycles. The van der Waals surface area contributed by atoms with E-state index in [1.165, 1.54) is 0 Å². The van der Waals surface area contributed by atoms with Gasteiger partial charge < -0.3 is 29.3 Å². The molecule has 4 aromatic rings. The molecule has 3 heterocycles. The summed E-state index contributed by atoms with van der Waals surface area (Å²) in [4.78, 5) is 39.4. The first kappa shape index (κ1) is 29.1. The van der Waals surface area contributed by atoms with E-state index >= 15 is 0 Å². The number of hydrogen-bond acceptors (Lipinski definition) is 9. The lowest BCUT2D eigenvalue weighted by atomic mass is 10.1.